The number of nitrogens with one attached hydrogen (secondary N) is 2. The Kier molecular flexibility index (Phi) is 7.03. The Hall–Kier alpha value is -2.24. The molecule has 1 saturated heterocycles. The van der Waals surface area contributed by atoms with Gasteiger partial charge < -0.3 is 20.3 Å². The predicted molar refractivity (Wildman–Crippen MR) is 121 cm³/mol. The fraction of sp³-hybridized carbons (Fsp3) is 0.680. The maximum Gasteiger partial charge on any atom is 0.315 e. The highest BCUT2D eigenvalue weighted by molar-refractivity contribution is 5.79. The summed E-state index contributed by atoms with van der Waals surface area (Å²) < 4.78 is 5.23. The molecule has 3 fully saturated rings. The Balaban J connectivity index is 1.28. The standard InChI is InChI=1S/C25H37N3O3/c1-17-14-23-21(22(17)16-26-25(30)27-19-6-4-3-5-7-19)15-24(29)28(23)13-12-18-8-10-20(31-2)11-9-18/h8-11,17,19,21-23H,3-7,12-16H2,1-2H3,(H2,26,27,30)/t17-,21-,22+,23+/m0/s1. The van der Waals surface area contributed by atoms with E-state index in [9.17, 15) is 9.59 Å². The molecule has 2 N–H and O–H groups in total. The molecule has 1 heterocycles. The molecule has 2 aliphatic carbocycles. The van der Waals surface area contributed by atoms with Gasteiger partial charge in [-0.25, -0.2) is 4.79 Å². The average molecular weight is 428 g/mol. The number of hydrogen-bond acceptors (Lipinski definition) is 3. The van der Waals surface area contributed by atoms with E-state index in [0.29, 0.717) is 42.8 Å². The van der Waals surface area contributed by atoms with Crippen molar-refractivity contribution in [3.05, 3.63) is 29.8 Å². The van der Waals surface area contributed by atoms with Gasteiger partial charge >= 0.3 is 6.03 Å². The van der Waals surface area contributed by atoms with E-state index in [1.807, 2.05) is 12.1 Å². The van der Waals surface area contributed by atoms with Crippen molar-refractivity contribution >= 4 is 11.9 Å². The van der Waals surface area contributed by atoms with Gasteiger partial charge in [0.05, 0.1) is 7.11 Å². The Bertz CT molecular complexity index is 760. The van der Waals surface area contributed by atoms with E-state index in [0.717, 1.165) is 38.0 Å². The molecule has 0 radical (unpaired) electrons. The first-order chi connectivity index (χ1) is 15.0. The summed E-state index contributed by atoms with van der Waals surface area (Å²) in [5, 5.41) is 6.27. The van der Waals surface area contributed by atoms with Crippen molar-refractivity contribution in [2.45, 2.75) is 70.4 Å². The average Bonchev–Trinajstić information content (AvgIpc) is 3.24. The first-order valence-electron chi connectivity index (χ1n) is 12.0. The molecule has 2 saturated carbocycles. The zero-order valence-electron chi connectivity index (χ0n) is 18.9. The van der Waals surface area contributed by atoms with Crippen LogP contribution in [0.3, 0.4) is 0 Å². The van der Waals surface area contributed by atoms with Crippen LogP contribution in [0.25, 0.3) is 0 Å². The molecule has 0 bridgehead atoms. The third-order valence-electron chi connectivity index (χ3n) is 7.76. The molecule has 0 unspecified atom stereocenters. The Morgan fingerprint density at radius 3 is 2.61 bits per heavy atom. The van der Waals surface area contributed by atoms with Crippen LogP contribution in [0.1, 0.15) is 57.4 Å². The summed E-state index contributed by atoms with van der Waals surface area (Å²) in [5.41, 5.74) is 1.22. The molecule has 1 aromatic carbocycles. The first-order valence-corrected chi connectivity index (χ1v) is 12.0. The number of amides is 3. The van der Waals surface area contributed by atoms with Crippen LogP contribution in [0, 0.1) is 17.8 Å². The van der Waals surface area contributed by atoms with Crippen molar-refractivity contribution in [3.63, 3.8) is 0 Å². The normalized spacial score (nSPS) is 28.5. The molecule has 1 aliphatic heterocycles. The molecular weight excluding hydrogens is 390 g/mol. The maximum absolute atomic E-state index is 12.8. The molecule has 170 valence electrons. The number of benzene rings is 1. The highest BCUT2D eigenvalue weighted by Gasteiger charge is 2.50. The van der Waals surface area contributed by atoms with Crippen molar-refractivity contribution in [1.82, 2.24) is 15.5 Å². The van der Waals surface area contributed by atoms with Gasteiger partial charge in [-0.1, -0.05) is 38.3 Å². The molecule has 0 aromatic heterocycles. The fourth-order valence-corrected chi connectivity index (χ4v) is 5.97. The number of rotatable bonds is 7. The van der Waals surface area contributed by atoms with Gasteiger partial charge in [0.2, 0.25) is 5.91 Å². The van der Waals surface area contributed by atoms with Crippen LogP contribution >= 0.6 is 0 Å². The summed E-state index contributed by atoms with van der Waals surface area (Å²) in [6.07, 6.45) is 8.41. The molecule has 3 aliphatic rings. The van der Waals surface area contributed by atoms with Gasteiger partial charge in [0.1, 0.15) is 5.75 Å². The number of urea groups is 1. The van der Waals surface area contributed by atoms with Gasteiger partial charge in [-0.3, -0.25) is 4.79 Å². The second kappa shape index (κ2) is 9.92. The predicted octanol–water partition coefficient (Wildman–Crippen LogP) is 3.74. The van der Waals surface area contributed by atoms with E-state index in [-0.39, 0.29) is 11.9 Å². The highest BCUT2D eigenvalue weighted by Crippen LogP contribution is 2.45. The third kappa shape index (κ3) is 5.16. The van der Waals surface area contributed by atoms with E-state index in [1.54, 1.807) is 7.11 Å². The third-order valence-corrected chi connectivity index (χ3v) is 7.76. The van der Waals surface area contributed by atoms with Gasteiger partial charge in [0.15, 0.2) is 0 Å². The minimum absolute atomic E-state index is 0.0387. The number of methoxy groups -OCH3 is 1. The summed E-state index contributed by atoms with van der Waals surface area (Å²) >= 11 is 0. The lowest BCUT2D eigenvalue weighted by molar-refractivity contribution is -0.129. The SMILES string of the molecule is COc1ccc(CCN2C(=O)C[C@H]3[C@H](CNC(=O)NC4CCCCC4)[C@@H](C)C[C@H]32)cc1. The highest BCUT2D eigenvalue weighted by atomic mass is 16.5. The molecular formula is C25H37N3O3. The van der Waals surface area contributed by atoms with Crippen LogP contribution in [0.15, 0.2) is 24.3 Å². The van der Waals surface area contributed by atoms with Gasteiger partial charge in [-0.15, -0.1) is 0 Å². The lowest BCUT2D eigenvalue weighted by Gasteiger charge is -2.25. The quantitative estimate of drug-likeness (QED) is 0.696. The maximum atomic E-state index is 12.8. The monoisotopic (exact) mass is 427 g/mol. The topological polar surface area (TPSA) is 70.7 Å². The first kappa shape index (κ1) is 22.0. The van der Waals surface area contributed by atoms with E-state index < -0.39 is 0 Å². The van der Waals surface area contributed by atoms with Crippen molar-refractivity contribution in [1.29, 1.82) is 0 Å². The molecule has 6 nitrogen and oxygen atoms in total. The Morgan fingerprint density at radius 2 is 1.90 bits per heavy atom. The minimum atomic E-state index is -0.0387. The Morgan fingerprint density at radius 1 is 1.16 bits per heavy atom. The zero-order valence-corrected chi connectivity index (χ0v) is 18.9. The minimum Gasteiger partial charge on any atom is -0.497 e. The van der Waals surface area contributed by atoms with Crippen LogP contribution in [-0.2, 0) is 11.2 Å². The van der Waals surface area contributed by atoms with Gasteiger partial charge in [0.25, 0.3) is 0 Å². The molecule has 6 heteroatoms. The van der Waals surface area contributed by atoms with Crippen molar-refractivity contribution in [3.8, 4) is 5.75 Å². The number of fused-ring (bicyclic) bond motifs is 1. The number of carbonyl (C=O) groups is 2. The van der Waals surface area contributed by atoms with Crippen molar-refractivity contribution in [2.24, 2.45) is 17.8 Å². The van der Waals surface area contributed by atoms with Crippen LogP contribution in [0.5, 0.6) is 5.75 Å². The van der Waals surface area contributed by atoms with Crippen molar-refractivity contribution in [2.75, 3.05) is 20.2 Å². The van der Waals surface area contributed by atoms with Crippen molar-refractivity contribution < 1.29 is 14.3 Å². The van der Waals surface area contributed by atoms with E-state index in [1.165, 1.54) is 24.8 Å². The number of nitrogens with zero attached hydrogens (tertiary/aromatic N) is 1. The van der Waals surface area contributed by atoms with Gasteiger partial charge in [-0.2, -0.15) is 0 Å². The molecule has 0 spiro atoms. The zero-order chi connectivity index (χ0) is 21.8. The Labute approximate surface area is 186 Å². The number of likely N-dealkylation sites (tertiary alicyclic amines) is 1. The van der Waals surface area contributed by atoms with E-state index in [4.69, 9.17) is 4.74 Å². The number of hydrogen-bond donors (Lipinski definition) is 2. The molecule has 1 aromatic rings. The molecule has 4 rings (SSSR count). The summed E-state index contributed by atoms with van der Waals surface area (Å²) in [5.74, 6) is 2.37. The summed E-state index contributed by atoms with van der Waals surface area (Å²) in [7, 11) is 1.67. The second-order valence-electron chi connectivity index (χ2n) is 9.69. The van der Waals surface area contributed by atoms with Crippen LogP contribution < -0.4 is 15.4 Å². The second-order valence-corrected chi connectivity index (χ2v) is 9.69. The van der Waals surface area contributed by atoms with E-state index >= 15 is 0 Å². The largest absolute Gasteiger partial charge is 0.497 e. The molecule has 4 atom stereocenters. The van der Waals surface area contributed by atoms with Gasteiger partial charge in [-0.05, 0) is 61.1 Å². The summed E-state index contributed by atoms with van der Waals surface area (Å²) in [6.45, 7) is 3.71. The van der Waals surface area contributed by atoms with Gasteiger partial charge in [0, 0.05) is 31.6 Å². The van der Waals surface area contributed by atoms with Crippen LogP contribution in [0.2, 0.25) is 0 Å². The number of ether oxygens (including phenoxy) is 1. The van der Waals surface area contributed by atoms with E-state index in [2.05, 4.69) is 34.6 Å². The smallest absolute Gasteiger partial charge is 0.315 e. The summed E-state index contributed by atoms with van der Waals surface area (Å²) in [4.78, 5) is 27.3. The van der Waals surface area contributed by atoms with Crippen LogP contribution in [-0.4, -0.2) is 49.1 Å². The lowest BCUT2D eigenvalue weighted by atomic mass is 9.88. The number of carbonyl (C=O) groups excluding carboxylic acids is 2. The summed E-state index contributed by atoms with van der Waals surface area (Å²) in [6, 6.07) is 8.70. The molecule has 31 heavy (non-hydrogen) atoms. The lowest BCUT2D eigenvalue weighted by Crippen LogP contribution is -2.45. The molecule has 3 amide bonds. The fourth-order valence-electron chi connectivity index (χ4n) is 5.97. The van der Waals surface area contributed by atoms with Crippen LogP contribution in [0.4, 0.5) is 4.79 Å².